The molecule has 0 spiro atoms. The second kappa shape index (κ2) is 7.88. The second-order valence-corrected chi connectivity index (χ2v) is 8.44. The van der Waals surface area contributed by atoms with Crippen molar-refractivity contribution in [2.24, 2.45) is 0 Å². The predicted molar refractivity (Wildman–Crippen MR) is 128 cm³/mol. The number of ketones is 1. The molecule has 0 saturated carbocycles. The average Bonchev–Trinajstić information content (AvgIpc) is 2.77. The zero-order valence-corrected chi connectivity index (χ0v) is 17.9. The third kappa shape index (κ3) is 3.77. The topological polar surface area (TPSA) is 29.1 Å². The number of fused-ring (bicyclic) bond motifs is 4. The molecule has 4 aromatic carbocycles. The van der Waals surface area contributed by atoms with Gasteiger partial charge >= 0.3 is 0 Å². The number of aryl methyl sites for hydroxylation is 2. The lowest BCUT2D eigenvalue weighted by Gasteiger charge is -2.20. The van der Waals surface area contributed by atoms with Gasteiger partial charge < -0.3 is 5.32 Å². The van der Waals surface area contributed by atoms with E-state index in [0.717, 1.165) is 33.6 Å². The van der Waals surface area contributed by atoms with Gasteiger partial charge in [0, 0.05) is 35.3 Å². The maximum atomic E-state index is 13.7. The van der Waals surface area contributed by atoms with Crippen molar-refractivity contribution >= 4 is 17.2 Å². The van der Waals surface area contributed by atoms with Crippen LogP contribution in [0.3, 0.4) is 0 Å². The van der Waals surface area contributed by atoms with Gasteiger partial charge in [-0.15, -0.1) is 0 Å². The summed E-state index contributed by atoms with van der Waals surface area (Å²) in [5.74, 6) is 0.100. The highest BCUT2D eigenvalue weighted by Crippen LogP contribution is 2.31. The molecule has 1 aliphatic rings. The van der Waals surface area contributed by atoms with Crippen molar-refractivity contribution in [3.05, 3.63) is 129 Å². The summed E-state index contributed by atoms with van der Waals surface area (Å²) in [5, 5.41) is 3.70. The highest BCUT2D eigenvalue weighted by Gasteiger charge is 2.20. The molecule has 0 bridgehead atoms. The average molecular weight is 404 g/mol. The van der Waals surface area contributed by atoms with E-state index in [4.69, 9.17) is 0 Å². The van der Waals surface area contributed by atoms with Gasteiger partial charge in [0.15, 0.2) is 5.78 Å². The molecule has 0 fully saturated rings. The fraction of sp³-hybridized carbons (Fsp3) is 0.138. The van der Waals surface area contributed by atoms with Crippen LogP contribution in [0.4, 0.5) is 11.4 Å². The fourth-order valence-corrected chi connectivity index (χ4v) is 4.47. The quantitative estimate of drug-likeness (QED) is 0.309. The molecule has 5 rings (SSSR count). The molecule has 0 aromatic heterocycles. The van der Waals surface area contributed by atoms with Crippen LogP contribution in [0.5, 0.6) is 0 Å². The van der Waals surface area contributed by atoms with Crippen LogP contribution >= 0.6 is 0 Å². The van der Waals surface area contributed by atoms with Gasteiger partial charge in [0.1, 0.15) is 0 Å². The van der Waals surface area contributed by atoms with Crippen LogP contribution in [-0.4, -0.2) is 5.78 Å². The van der Waals surface area contributed by atoms with E-state index in [0.29, 0.717) is 12.8 Å². The standard InChI is InChI=1S/C29H25NO/c1-19-11-13-27-23(15-19)17-21-7-3-5-9-25(21)29(31)26-10-6-4-8-22(26)18-24-16-20(2)12-14-28(24)30-27/h3-16,30H,17-18H2,1-2H3. The Balaban J connectivity index is 1.76. The molecular weight excluding hydrogens is 378 g/mol. The van der Waals surface area contributed by atoms with E-state index in [-0.39, 0.29) is 5.78 Å². The van der Waals surface area contributed by atoms with E-state index in [1.165, 1.54) is 22.3 Å². The number of carbonyl (C=O) groups is 1. The number of rotatable bonds is 0. The Bertz CT molecular complexity index is 1200. The van der Waals surface area contributed by atoms with Crippen molar-refractivity contribution in [1.82, 2.24) is 0 Å². The van der Waals surface area contributed by atoms with Gasteiger partial charge in [-0.3, -0.25) is 4.79 Å². The third-order valence-corrected chi connectivity index (χ3v) is 6.08. The number of anilines is 2. The SMILES string of the molecule is Cc1ccc2c(c1)Cc1ccccc1C(=O)c1ccccc1Cc1cc(C)ccc1N2. The number of nitrogens with one attached hydrogen (secondary N) is 1. The number of benzene rings is 4. The zero-order valence-electron chi connectivity index (χ0n) is 17.9. The van der Waals surface area contributed by atoms with Gasteiger partial charge in [-0.25, -0.2) is 0 Å². The second-order valence-electron chi connectivity index (χ2n) is 8.44. The Kier molecular flexibility index (Phi) is 4.91. The lowest BCUT2D eigenvalue weighted by atomic mass is 9.89. The summed E-state index contributed by atoms with van der Waals surface area (Å²) in [5.41, 5.74) is 10.7. The Hall–Kier alpha value is -3.65. The smallest absolute Gasteiger partial charge is 0.193 e. The van der Waals surface area contributed by atoms with Crippen LogP contribution in [0.2, 0.25) is 0 Å². The Morgan fingerprint density at radius 2 is 1.03 bits per heavy atom. The van der Waals surface area contributed by atoms with E-state index < -0.39 is 0 Å². The summed E-state index contributed by atoms with van der Waals surface area (Å²) >= 11 is 0. The molecule has 0 saturated heterocycles. The Labute approximate surface area is 183 Å². The van der Waals surface area contributed by atoms with Crippen LogP contribution in [0, 0.1) is 13.8 Å². The Morgan fingerprint density at radius 3 is 1.52 bits per heavy atom. The zero-order chi connectivity index (χ0) is 21.4. The van der Waals surface area contributed by atoms with Crippen LogP contribution in [0.1, 0.15) is 49.3 Å². The first kappa shape index (κ1) is 19.3. The summed E-state index contributed by atoms with van der Waals surface area (Å²) < 4.78 is 0. The van der Waals surface area contributed by atoms with Crippen molar-refractivity contribution in [1.29, 1.82) is 0 Å². The highest BCUT2D eigenvalue weighted by atomic mass is 16.1. The van der Waals surface area contributed by atoms with Gasteiger partial charge in [-0.2, -0.15) is 0 Å². The molecule has 0 amide bonds. The molecule has 152 valence electrons. The van der Waals surface area contributed by atoms with E-state index in [1.807, 2.05) is 36.4 Å². The maximum Gasteiger partial charge on any atom is 0.193 e. The summed E-state index contributed by atoms with van der Waals surface area (Å²) in [6.45, 7) is 4.22. The van der Waals surface area contributed by atoms with Crippen molar-refractivity contribution in [3.63, 3.8) is 0 Å². The minimum Gasteiger partial charge on any atom is -0.355 e. The largest absolute Gasteiger partial charge is 0.355 e. The Morgan fingerprint density at radius 1 is 0.581 bits per heavy atom. The predicted octanol–water partition coefficient (Wildman–Crippen LogP) is 6.77. The molecule has 4 aromatic rings. The van der Waals surface area contributed by atoms with Crippen LogP contribution in [-0.2, 0) is 12.8 Å². The molecule has 2 nitrogen and oxygen atoms in total. The van der Waals surface area contributed by atoms with E-state index >= 15 is 0 Å². The highest BCUT2D eigenvalue weighted by molar-refractivity contribution is 6.11. The lowest BCUT2D eigenvalue weighted by molar-refractivity contribution is 0.103. The normalized spacial score (nSPS) is 12.9. The molecule has 0 unspecified atom stereocenters. The molecule has 0 radical (unpaired) electrons. The minimum atomic E-state index is 0.100. The molecule has 0 atom stereocenters. The summed E-state index contributed by atoms with van der Waals surface area (Å²) in [7, 11) is 0. The number of carbonyl (C=O) groups excluding carboxylic acids is 1. The van der Waals surface area contributed by atoms with Gasteiger partial charge in [-0.1, -0.05) is 83.9 Å². The van der Waals surface area contributed by atoms with Crippen LogP contribution in [0.15, 0.2) is 84.9 Å². The van der Waals surface area contributed by atoms with Gasteiger partial charge in [0.25, 0.3) is 0 Å². The minimum absolute atomic E-state index is 0.100. The molecule has 31 heavy (non-hydrogen) atoms. The van der Waals surface area contributed by atoms with E-state index in [9.17, 15) is 4.79 Å². The summed E-state index contributed by atoms with van der Waals surface area (Å²) in [4.78, 5) is 13.7. The summed E-state index contributed by atoms with van der Waals surface area (Å²) in [6, 6.07) is 29.0. The van der Waals surface area contributed by atoms with E-state index in [2.05, 4.69) is 67.7 Å². The van der Waals surface area contributed by atoms with Crippen LogP contribution in [0.25, 0.3) is 0 Å². The summed E-state index contributed by atoms with van der Waals surface area (Å²) in [6.07, 6.45) is 1.41. The molecule has 1 N–H and O–H groups in total. The first-order valence-corrected chi connectivity index (χ1v) is 10.7. The number of hydrogen-bond acceptors (Lipinski definition) is 2. The molecular formula is C29H25NO. The molecule has 1 aliphatic heterocycles. The first-order chi connectivity index (χ1) is 15.1. The monoisotopic (exact) mass is 403 g/mol. The lowest BCUT2D eigenvalue weighted by Crippen LogP contribution is -2.11. The van der Waals surface area contributed by atoms with Gasteiger partial charge in [-0.05, 0) is 48.2 Å². The van der Waals surface area contributed by atoms with Crippen molar-refractivity contribution in [3.8, 4) is 0 Å². The maximum absolute atomic E-state index is 13.7. The third-order valence-electron chi connectivity index (χ3n) is 6.08. The van der Waals surface area contributed by atoms with Gasteiger partial charge in [0.05, 0.1) is 0 Å². The van der Waals surface area contributed by atoms with Crippen molar-refractivity contribution in [2.75, 3.05) is 5.32 Å². The van der Waals surface area contributed by atoms with E-state index in [1.54, 1.807) is 0 Å². The van der Waals surface area contributed by atoms with Crippen molar-refractivity contribution in [2.45, 2.75) is 26.7 Å². The first-order valence-electron chi connectivity index (χ1n) is 10.7. The number of hydrogen-bond donors (Lipinski definition) is 1. The fourth-order valence-electron chi connectivity index (χ4n) is 4.47. The molecule has 0 aliphatic carbocycles. The molecule has 1 heterocycles. The van der Waals surface area contributed by atoms with Crippen molar-refractivity contribution < 1.29 is 4.79 Å². The molecule has 2 heteroatoms. The van der Waals surface area contributed by atoms with Gasteiger partial charge in [0.2, 0.25) is 0 Å². The van der Waals surface area contributed by atoms with Crippen LogP contribution < -0.4 is 5.32 Å².